The molecule has 0 heterocycles. The summed E-state index contributed by atoms with van der Waals surface area (Å²) in [6.45, 7) is 32.7. The van der Waals surface area contributed by atoms with Gasteiger partial charge in [0.2, 0.25) is 0 Å². The van der Waals surface area contributed by atoms with E-state index in [1.54, 1.807) is 0 Å². The van der Waals surface area contributed by atoms with Crippen LogP contribution >= 0.6 is 0 Å². The van der Waals surface area contributed by atoms with E-state index in [-0.39, 0.29) is 140 Å². The molecule has 0 saturated heterocycles. The zero-order valence-corrected chi connectivity index (χ0v) is 27.8. The molecule has 0 rings (SSSR count). The molecule has 0 unspecified atom stereocenters. The van der Waals surface area contributed by atoms with Crippen molar-refractivity contribution in [3.05, 3.63) is 0 Å². The minimum Gasteiger partial charge on any atom is -0.0776 e. The molecule has 2 radical (unpaired) electrons. The van der Waals surface area contributed by atoms with Crippen LogP contribution in [0.15, 0.2) is 0 Å². The summed E-state index contributed by atoms with van der Waals surface area (Å²) < 4.78 is 0. The van der Waals surface area contributed by atoms with E-state index < -0.39 is 0 Å². The molecule has 0 aliphatic rings. The fraction of sp³-hybridized carbons (Fsp3) is 1.00. The molecule has 242 valence electrons. The Morgan fingerprint density at radius 2 is 0.306 bits per heavy atom. The van der Waals surface area contributed by atoms with Crippen molar-refractivity contribution >= 4 is 0 Å². The summed E-state index contributed by atoms with van der Waals surface area (Å²) >= 11 is 0. The van der Waals surface area contributed by atoms with Crippen molar-refractivity contribution in [1.29, 1.82) is 0 Å². The van der Waals surface area contributed by atoms with Gasteiger partial charge in [0.15, 0.2) is 0 Å². The Balaban J connectivity index is -0.00000000640. The van der Waals surface area contributed by atoms with E-state index >= 15 is 0 Å². The average Bonchev–Trinajstić information content (AvgIpc) is 2.50. The maximum atomic E-state index is 2.22. The third-order valence-corrected chi connectivity index (χ3v) is 2.45. The predicted octanol–water partition coefficient (Wildman–Crippen LogP) is 16.8. The second-order valence-electron chi connectivity index (χ2n) is 7.53. The third kappa shape index (κ3) is 666. The maximum absolute atomic E-state index is 2.22. The predicted molar refractivity (Wildman–Crippen MR) is 191 cm³/mol. The summed E-state index contributed by atoms with van der Waals surface area (Å²) in [4.78, 5) is 0. The van der Waals surface area contributed by atoms with E-state index in [9.17, 15) is 0 Å². The van der Waals surface area contributed by atoms with Gasteiger partial charge in [-0.05, 0) is 17.8 Å². The van der Waals surface area contributed by atoms with Gasteiger partial charge in [-0.15, -0.1) is 0 Å². The van der Waals surface area contributed by atoms with Crippen molar-refractivity contribution < 1.29 is 65.4 Å². The molecule has 0 atom stereocenters. The SMILES string of the molecule is C.C.C.C.C.C.C.C.C.C.CCC.CCC.CCC.CCC(C)C.CCC(C)C.CCC(C)C.[Y].[Y]. The first-order chi connectivity index (χ1) is 11.1. The molecule has 0 saturated carbocycles. The molecule has 0 aliphatic carbocycles. The summed E-state index contributed by atoms with van der Waals surface area (Å²) in [6.07, 6.45) is 7.67. The van der Waals surface area contributed by atoms with Gasteiger partial charge in [-0.3, -0.25) is 0 Å². The Hall–Kier alpha value is 2.21. The van der Waals surface area contributed by atoms with Crippen LogP contribution in [0.3, 0.4) is 0 Å². The smallest absolute Gasteiger partial charge is 0 e. The third-order valence-electron chi connectivity index (χ3n) is 2.45. The molecule has 0 bridgehead atoms. The van der Waals surface area contributed by atoms with E-state index in [1.807, 2.05) is 0 Å². The van der Waals surface area contributed by atoms with Gasteiger partial charge in [0.05, 0.1) is 0 Å². The molecule has 0 amide bonds. The van der Waals surface area contributed by atoms with E-state index in [4.69, 9.17) is 0 Å². The Bertz CT molecular complexity index is 98.6. The van der Waals surface area contributed by atoms with Gasteiger partial charge in [0, 0.05) is 65.4 Å². The molecular formula is C34H100Y2. The molecule has 36 heavy (non-hydrogen) atoms. The van der Waals surface area contributed by atoms with Crippen LogP contribution in [0.1, 0.15) is 217 Å². The van der Waals surface area contributed by atoms with Crippen LogP contribution in [-0.4, -0.2) is 0 Å². The second kappa shape index (κ2) is 165. The normalized spacial score (nSPS) is 5.50. The van der Waals surface area contributed by atoms with Crippen molar-refractivity contribution in [2.24, 2.45) is 17.8 Å². The maximum Gasteiger partial charge on any atom is 0 e. The second-order valence-corrected chi connectivity index (χ2v) is 7.53. The molecule has 0 aromatic heterocycles. The van der Waals surface area contributed by atoms with E-state index in [0.717, 1.165) is 17.8 Å². The topological polar surface area (TPSA) is 0 Å². The van der Waals surface area contributed by atoms with Crippen LogP contribution in [0, 0.1) is 17.8 Å². The van der Waals surface area contributed by atoms with Gasteiger partial charge < -0.3 is 0 Å². The summed E-state index contributed by atoms with van der Waals surface area (Å²) in [6, 6.07) is 0. The van der Waals surface area contributed by atoms with E-state index in [0.29, 0.717) is 0 Å². The minimum atomic E-state index is 0. The molecule has 0 aromatic rings. The first-order valence-corrected chi connectivity index (χ1v) is 11.1. The average molecular weight is 687 g/mol. The van der Waals surface area contributed by atoms with Crippen molar-refractivity contribution in [2.75, 3.05) is 0 Å². The molecular weight excluding hydrogens is 586 g/mol. The van der Waals surface area contributed by atoms with Crippen molar-refractivity contribution in [1.82, 2.24) is 0 Å². The van der Waals surface area contributed by atoms with E-state index in [1.165, 1.54) is 38.5 Å². The number of hydrogen-bond acceptors (Lipinski definition) is 0. The fourth-order valence-corrected chi connectivity index (χ4v) is 0. The van der Waals surface area contributed by atoms with Crippen LogP contribution in [0.4, 0.5) is 0 Å². The van der Waals surface area contributed by atoms with Crippen molar-refractivity contribution in [2.45, 2.75) is 217 Å². The molecule has 0 nitrogen and oxygen atoms in total. The molecule has 0 aromatic carbocycles. The molecule has 0 aliphatic heterocycles. The first kappa shape index (κ1) is 130. The standard InChI is InChI=1S/3C5H12.3C3H8.10CH4.2Y/c3*1-4-5(2)3;3*1-3-2;;;;;;;;;;;;/h3*5H,4H2,1-3H3;3*3H2,1-2H3;10*1H4;;. The van der Waals surface area contributed by atoms with Crippen LogP contribution in [-0.2, 0) is 65.4 Å². The van der Waals surface area contributed by atoms with E-state index in [2.05, 4.69) is 104 Å². The molecule has 0 N–H and O–H groups in total. The van der Waals surface area contributed by atoms with Crippen molar-refractivity contribution in [3.63, 3.8) is 0 Å². The van der Waals surface area contributed by atoms with Crippen LogP contribution in [0.25, 0.3) is 0 Å². The molecule has 2 heteroatoms. The van der Waals surface area contributed by atoms with Crippen LogP contribution in [0.2, 0.25) is 0 Å². The molecule has 0 fully saturated rings. The first-order valence-electron chi connectivity index (χ1n) is 11.1. The summed E-state index contributed by atoms with van der Waals surface area (Å²) in [7, 11) is 0. The summed E-state index contributed by atoms with van der Waals surface area (Å²) in [5.41, 5.74) is 0. The van der Waals surface area contributed by atoms with Gasteiger partial charge in [-0.25, -0.2) is 0 Å². The van der Waals surface area contributed by atoms with Crippen molar-refractivity contribution in [3.8, 4) is 0 Å². The van der Waals surface area contributed by atoms with Crippen LogP contribution in [0.5, 0.6) is 0 Å². The number of hydrogen-bond donors (Lipinski definition) is 0. The Labute approximate surface area is 297 Å². The quantitative estimate of drug-likeness (QED) is 0.277. The summed E-state index contributed by atoms with van der Waals surface area (Å²) in [5.74, 6) is 2.65. The Kier molecular flexibility index (Phi) is 593. The van der Waals surface area contributed by atoms with Gasteiger partial charge in [-0.2, -0.15) is 0 Å². The van der Waals surface area contributed by atoms with Crippen LogP contribution < -0.4 is 0 Å². The van der Waals surface area contributed by atoms with Gasteiger partial charge >= 0.3 is 0 Å². The Morgan fingerprint density at radius 1 is 0.278 bits per heavy atom. The largest absolute Gasteiger partial charge is 0.0776 e. The zero-order valence-electron chi connectivity index (χ0n) is 22.1. The minimum absolute atomic E-state index is 0. The monoisotopic (exact) mass is 687 g/mol. The Morgan fingerprint density at radius 3 is 0.306 bits per heavy atom. The number of rotatable bonds is 3. The summed E-state index contributed by atoms with van der Waals surface area (Å²) in [5, 5.41) is 0. The fourth-order valence-electron chi connectivity index (χ4n) is 0. The molecule has 0 spiro atoms. The van der Waals surface area contributed by atoms with Gasteiger partial charge in [-0.1, -0.05) is 217 Å². The van der Waals surface area contributed by atoms with Gasteiger partial charge in [0.1, 0.15) is 0 Å². The zero-order chi connectivity index (χ0) is 21.0. The van der Waals surface area contributed by atoms with Gasteiger partial charge in [0.25, 0.3) is 0 Å².